The molecule has 1 amide bonds. The van der Waals surface area contributed by atoms with Crippen molar-refractivity contribution in [2.45, 2.75) is 26.6 Å². The number of amides is 1. The Morgan fingerprint density at radius 3 is 2.50 bits per heavy atom. The second-order valence-electron chi connectivity index (χ2n) is 6.58. The third-order valence-corrected chi connectivity index (χ3v) is 4.02. The summed E-state index contributed by atoms with van der Waals surface area (Å²) >= 11 is 5.66. The molecule has 1 N–H and O–H groups in total. The summed E-state index contributed by atoms with van der Waals surface area (Å²) in [5.74, 6) is 0.187. The van der Waals surface area contributed by atoms with E-state index in [9.17, 15) is 18.0 Å². The van der Waals surface area contributed by atoms with Crippen LogP contribution < -0.4 is 10.1 Å². The molecular weight excluding hydrogens is 395 g/mol. The monoisotopic (exact) mass is 415 g/mol. The Labute approximate surface area is 166 Å². The minimum atomic E-state index is -4.65. The number of halogens is 4. The number of rotatable bonds is 7. The number of ether oxygens (including phenoxy) is 2. The summed E-state index contributed by atoms with van der Waals surface area (Å²) in [6, 6.07) is 7.78. The number of alkyl halides is 3. The van der Waals surface area contributed by atoms with Gasteiger partial charge in [0, 0.05) is 22.8 Å². The fourth-order valence-corrected chi connectivity index (χ4v) is 2.66. The minimum Gasteiger partial charge on any atom is -0.496 e. The van der Waals surface area contributed by atoms with Crippen LogP contribution in [0.15, 0.2) is 36.4 Å². The summed E-state index contributed by atoms with van der Waals surface area (Å²) in [5.41, 5.74) is -0.562. The number of methoxy groups -OCH3 is 1. The van der Waals surface area contributed by atoms with Gasteiger partial charge in [-0.2, -0.15) is 13.2 Å². The lowest BCUT2D eigenvalue weighted by Gasteiger charge is -2.15. The van der Waals surface area contributed by atoms with E-state index in [0.717, 1.165) is 12.1 Å². The van der Waals surface area contributed by atoms with Gasteiger partial charge >= 0.3 is 6.18 Å². The zero-order valence-electron chi connectivity index (χ0n) is 15.7. The standard InChI is InChI=1S/C20H21ClF3NO3/c1-12(2)10-28-11-14-8-13(4-7-18(14)27-3)19(26)25-17-6-5-15(21)9-16(17)20(22,23)24/h4-9,12H,10-11H2,1-3H3,(H,25,26). The van der Waals surface area contributed by atoms with Gasteiger partial charge in [0.25, 0.3) is 5.91 Å². The molecule has 0 atom stereocenters. The maximum atomic E-state index is 13.2. The Hall–Kier alpha value is -2.25. The molecule has 0 aliphatic heterocycles. The zero-order valence-corrected chi connectivity index (χ0v) is 16.4. The van der Waals surface area contributed by atoms with Crippen LogP contribution in [0.25, 0.3) is 0 Å². The highest BCUT2D eigenvalue weighted by Crippen LogP contribution is 2.36. The SMILES string of the molecule is COc1ccc(C(=O)Nc2ccc(Cl)cc2C(F)(F)F)cc1COCC(C)C. The summed E-state index contributed by atoms with van der Waals surface area (Å²) in [4.78, 5) is 12.5. The summed E-state index contributed by atoms with van der Waals surface area (Å²) in [6.45, 7) is 4.76. The quantitative estimate of drug-likeness (QED) is 0.622. The summed E-state index contributed by atoms with van der Waals surface area (Å²) in [6.07, 6.45) is -4.65. The lowest BCUT2D eigenvalue weighted by Crippen LogP contribution is -2.17. The van der Waals surface area contributed by atoms with E-state index in [0.29, 0.717) is 23.8 Å². The highest BCUT2D eigenvalue weighted by molar-refractivity contribution is 6.30. The normalized spacial score (nSPS) is 11.6. The van der Waals surface area contributed by atoms with Crippen molar-refractivity contribution in [1.82, 2.24) is 0 Å². The van der Waals surface area contributed by atoms with Crippen LogP contribution in [0.5, 0.6) is 5.75 Å². The zero-order chi connectivity index (χ0) is 20.9. The minimum absolute atomic E-state index is 0.0700. The maximum absolute atomic E-state index is 13.2. The van der Waals surface area contributed by atoms with Crippen LogP contribution in [0.3, 0.4) is 0 Å². The van der Waals surface area contributed by atoms with E-state index in [1.807, 2.05) is 13.8 Å². The van der Waals surface area contributed by atoms with Gasteiger partial charge in [-0.25, -0.2) is 0 Å². The molecular formula is C20H21ClF3NO3. The number of nitrogens with one attached hydrogen (secondary N) is 1. The van der Waals surface area contributed by atoms with Crippen molar-refractivity contribution in [2.75, 3.05) is 19.0 Å². The molecule has 0 bridgehead atoms. The molecule has 2 aromatic carbocycles. The lowest BCUT2D eigenvalue weighted by molar-refractivity contribution is -0.136. The topological polar surface area (TPSA) is 47.6 Å². The molecule has 0 aliphatic carbocycles. The van der Waals surface area contributed by atoms with E-state index in [2.05, 4.69) is 5.32 Å². The molecule has 0 fully saturated rings. The van der Waals surface area contributed by atoms with Crippen molar-refractivity contribution in [3.8, 4) is 5.75 Å². The Morgan fingerprint density at radius 1 is 1.18 bits per heavy atom. The van der Waals surface area contributed by atoms with Crippen molar-refractivity contribution < 1.29 is 27.4 Å². The first-order valence-corrected chi connectivity index (χ1v) is 8.92. The van der Waals surface area contributed by atoms with Gasteiger partial charge in [0.2, 0.25) is 0 Å². The molecule has 0 saturated carbocycles. The number of anilines is 1. The molecule has 0 unspecified atom stereocenters. The van der Waals surface area contributed by atoms with Crippen LogP contribution in [0.1, 0.15) is 35.3 Å². The molecule has 2 aromatic rings. The lowest BCUT2D eigenvalue weighted by atomic mass is 10.1. The van der Waals surface area contributed by atoms with Gasteiger partial charge in [-0.05, 0) is 42.3 Å². The molecule has 0 spiro atoms. The fraction of sp³-hybridized carbons (Fsp3) is 0.350. The van der Waals surface area contributed by atoms with E-state index < -0.39 is 17.6 Å². The fourth-order valence-electron chi connectivity index (χ4n) is 2.49. The first-order chi connectivity index (χ1) is 13.1. The molecule has 0 aliphatic rings. The maximum Gasteiger partial charge on any atom is 0.418 e. The van der Waals surface area contributed by atoms with Crippen LogP contribution in [0.4, 0.5) is 18.9 Å². The Bertz CT molecular complexity index is 838. The molecule has 0 heterocycles. The van der Waals surface area contributed by atoms with Crippen LogP contribution >= 0.6 is 11.6 Å². The number of carbonyl (C=O) groups excluding carboxylic acids is 1. The van der Waals surface area contributed by atoms with Gasteiger partial charge in [0.05, 0.1) is 25.0 Å². The first-order valence-electron chi connectivity index (χ1n) is 8.54. The van der Waals surface area contributed by atoms with Crippen molar-refractivity contribution in [2.24, 2.45) is 5.92 Å². The first kappa shape index (κ1) is 22.0. The molecule has 0 saturated heterocycles. The predicted molar refractivity (Wildman–Crippen MR) is 102 cm³/mol. The van der Waals surface area contributed by atoms with Gasteiger partial charge < -0.3 is 14.8 Å². The van der Waals surface area contributed by atoms with E-state index in [1.54, 1.807) is 6.07 Å². The van der Waals surface area contributed by atoms with Crippen LogP contribution in [-0.2, 0) is 17.5 Å². The summed E-state index contributed by atoms with van der Waals surface area (Å²) in [5, 5.41) is 2.23. The molecule has 2 rings (SSSR count). The van der Waals surface area contributed by atoms with Gasteiger partial charge in [-0.1, -0.05) is 25.4 Å². The number of benzene rings is 2. The Morgan fingerprint density at radius 2 is 1.89 bits per heavy atom. The van der Waals surface area contributed by atoms with Gasteiger partial charge in [-0.15, -0.1) is 0 Å². The van der Waals surface area contributed by atoms with Crippen molar-refractivity contribution in [3.63, 3.8) is 0 Å². The van der Waals surface area contributed by atoms with E-state index in [-0.39, 0.29) is 22.9 Å². The van der Waals surface area contributed by atoms with Crippen molar-refractivity contribution in [3.05, 3.63) is 58.1 Å². The molecule has 28 heavy (non-hydrogen) atoms. The number of carbonyl (C=O) groups is 1. The highest BCUT2D eigenvalue weighted by Gasteiger charge is 2.34. The third kappa shape index (κ3) is 5.87. The van der Waals surface area contributed by atoms with Crippen LogP contribution in [0, 0.1) is 5.92 Å². The highest BCUT2D eigenvalue weighted by atomic mass is 35.5. The van der Waals surface area contributed by atoms with Gasteiger partial charge in [0.1, 0.15) is 5.75 Å². The van der Waals surface area contributed by atoms with Gasteiger partial charge in [-0.3, -0.25) is 4.79 Å². The van der Waals surface area contributed by atoms with E-state index >= 15 is 0 Å². The Balaban J connectivity index is 2.25. The molecule has 152 valence electrons. The van der Waals surface area contributed by atoms with E-state index in [1.165, 1.54) is 25.3 Å². The number of hydrogen-bond acceptors (Lipinski definition) is 3. The summed E-state index contributed by atoms with van der Waals surface area (Å²) in [7, 11) is 1.49. The Kier molecular flexibility index (Phi) is 7.32. The van der Waals surface area contributed by atoms with Crippen molar-refractivity contribution >= 4 is 23.2 Å². The molecule has 0 radical (unpaired) electrons. The smallest absolute Gasteiger partial charge is 0.418 e. The average Bonchev–Trinajstić information content (AvgIpc) is 2.62. The van der Waals surface area contributed by atoms with Crippen molar-refractivity contribution in [1.29, 1.82) is 0 Å². The molecule has 0 aromatic heterocycles. The summed E-state index contributed by atoms with van der Waals surface area (Å²) < 4.78 is 50.5. The number of hydrogen-bond donors (Lipinski definition) is 1. The van der Waals surface area contributed by atoms with Gasteiger partial charge in [0.15, 0.2) is 0 Å². The molecule has 4 nitrogen and oxygen atoms in total. The van der Waals surface area contributed by atoms with Crippen LogP contribution in [0.2, 0.25) is 5.02 Å². The molecule has 8 heteroatoms. The largest absolute Gasteiger partial charge is 0.496 e. The second kappa shape index (κ2) is 9.30. The average molecular weight is 416 g/mol. The van der Waals surface area contributed by atoms with E-state index in [4.69, 9.17) is 21.1 Å². The third-order valence-electron chi connectivity index (χ3n) is 3.79. The van der Waals surface area contributed by atoms with Crippen LogP contribution in [-0.4, -0.2) is 19.6 Å². The second-order valence-corrected chi connectivity index (χ2v) is 7.01. The predicted octanol–water partition coefficient (Wildman–Crippen LogP) is 5.79.